The summed E-state index contributed by atoms with van der Waals surface area (Å²) in [5.41, 5.74) is 0. The Labute approximate surface area is 265 Å². The summed E-state index contributed by atoms with van der Waals surface area (Å²) in [6.07, 6.45) is -20.8. The van der Waals surface area contributed by atoms with Gasteiger partial charge in [-0.25, -0.2) is 0 Å². The van der Waals surface area contributed by atoms with Crippen molar-refractivity contribution in [1.82, 2.24) is 0 Å². The van der Waals surface area contributed by atoms with E-state index in [0.717, 1.165) is 12.8 Å². The van der Waals surface area contributed by atoms with Crippen LogP contribution >= 0.6 is 0 Å². The first kappa shape index (κ1) is 39.3. The quantitative estimate of drug-likeness (QED) is 0.0540. The van der Waals surface area contributed by atoms with E-state index in [9.17, 15) is 61.0 Å². The maximum atomic E-state index is 11.3. The van der Waals surface area contributed by atoms with E-state index in [1.54, 1.807) is 0 Å². The van der Waals surface area contributed by atoms with E-state index >= 15 is 0 Å². The van der Waals surface area contributed by atoms with Gasteiger partial charge >= 0.3 is 5.97 Å². The van der Waals surface area contributed by atoms with Gasteiger partial charge < -0.3 is 84.6 Å². The molecule has 3 heterocycles. The average molecular weight is 675 g/mol. The molecule has 0 aromatic rings. The van der Waals surface area contributed by atoms with Crippen molar-refractivity contribution in [2.45, 2.75) is 143 Å². The number of unbranched alkanes of at least 4 members (excludes halogenated alkanes) is 5. The van der Waals surface area contributed by atoms with Crippen LogP contribution in [0.5, 0.6) is 0 Å². The molecule has 0 aromatic carbocycles. The second-order valence-electron chi connectivity index (χ2n) is 11.9. The number of methoxy groups -OCH3 is 1. The van der Waals surface area contributed by atoms with E-state index in [1.807, 2.05) is 0 Å². The normalized spacial score (nSPS) is 43.4. The molecule has 0 bridgehead atoms. The molecule has 3 fully saturated rings. The van der Waals surface area contributed by atoms with Gasteiger partial charge in [0, 0.05) is 12.8 Å². The third-order valence-corrected chi connectivity index (χ3v) is 8.71. The van der Waals surface area contributed by atoms with E-state index < -0.39 is 111 Å². The summed E-state index contributed by atoms with van der Waals surface area (Å²) >= 11 is 0. The Kier molecular flexibility index (Phi) is 15.4. The van der Waals surface area contributed by atoms with Crippen LogP contribution in [0.25, 0.3) is 0 Å². The molecular weight excluding hydrogens is 624 g/mol. The van der Waals surface area contributed by atoms with Crippen molar-refractivity contribution < 1.29 is 89.4 Å². The van der Waals surface area contributed by atoms with Gasteiger partial charge in [0.05, 0.1) is 26.9 Å². The van der Waals surface area contributed by atoms with Gasteiger partial charge in [-0.15, -0.1) is 0 Å². The van der Waals surface area contributed by atoms with E-state index in [-0.39, 0.29) is 18.8 Å². The van der Waals surface area contributed by atoms with Gasteiger partial charge in [-0.3, -0.25) is 4.79 Å². The number of aliphatic hydroxyl groups excluding tert-OH is 11. The first-order valence-corrected chi connectivity index (χ1v) is 15.5. The van der Waals surface area contributed by atoms with E-state index in [2.05, 4.69) is 4.74 Å². The van der Waals surface area contributed by atoms with Crippen molar-refractivity contribution in [3.8, 4) is 0 Å². The van der Waals surface area contributed by atoms with Crippen LogP contribution in [0, 0.1) is 0 Å². The number of hydrogen-bond donors (Lipinski definition) is 11. The SMILES string of the molecule is COC(=O)CCCCCCCC[C@]1(O[C@@H]2[C@@H](O)[C@H](O)O[C@H](CO)[C@H]2O[C@@H]2O[C@H](CO)[C@H](O)[C@H](O)[C@H]2O)O[C@H](CO)[C@H](O)[C@H](O)[C@H]1O. The first-order chi connectivity index (χ1) is 21.8. The largest absolute Gasteiger partial charge is 0.469 e. The topological polar surface area (TPSA) is 295 Å². The Bertz CT molecular complexity index is 910. The van der Waals surface area contributed by atoms with Crippen molar-refractivity contribution in [2.75, 3.05) is 26.9 Å². The zero-order chi connectivity index (χ0) is 34.2. The summed E-state index contributed by atoms with van der Waals surface area (Å²) in [6, 6.07) is 0. The molecule has 46 heavy (non-hydrogen) atoms. The molecule has 0 aromatic heterocycles. The molecule has 11 N–H and O–H groups in total. The van der Waals surface area contributed by atoms with Crippen LogP contribution in [-0.4, -0.2) is 181 Å². The standard InChI is InChI=1S/C28H50O18/c1-41-16(32)8-6-4-2-3-5-7-9-28(25(39)20(36)18(34)14(11-30)45-28)46-24-22(38)26(40)42-15(12-31)23(24)44-27-21(37)19(35)17(33)13(10-29)43-27/h13-15,17-27,29-31,33-40H,2-12H2,1H3/t13-,14-,15-,17+,18+,19+,20+,21-,22-,23-,24-,25-,26-,27+,28-/m1/s1. The maximum absolute atomic E-state index is 11.3. The highest BCUT2D eigenvalue weighted by atomic mass is 16.8. The third-order valence-electron chi connectivity index (χ3n) is 8.71. The Morgan fingerprint density at radius 1 is 0.652 bits per heavy atom. The van der Waals surface area contributed by atoms with Crippen LogP contribution in [0.1, 0.15) is 51.4 Å². The molecule has 0 radical (unpaired) electrons. The summed E-state index contributed by atoms with van der Waals surface area (Å²) in [4.78, 5) is 11.3. The lowest BCUT2D eigenvalue weighted by Crippen LogP contribution is -2.70. The highest BCUT2D eigenvalue weighted by Gasteiger charge is 2.59. The minimum absolute atomic E-state index is 0.173. The molecule has 0 amide bonds. The molecule has 0 aliphatic carbocycles. The van der Waals surface area contributed by atoms with Crippen LogP contribution in [-0.2, 0) is 33.2 Å². The third kappa shape index (κ3) is 9.08. The summed E-state index contributed by atoms with van der Waals surface area (Å²) in [5, 5.41) is 114. The molecule has 0 saturated carbocycles. The molecule has 3 rings (SSSR count). The highest BCUT2D eigenvalue weighted by Crippen LogP contribution is 2.40. The molecule has 270 valence electrons. The van der Waals surface area contributed by atoms with E-state index in [1.165, 1.54) is 7.11 Å². The molecule has 0 unspecified atom stereocenters. The number of rotatable bonds is 16. The van der Waals surface area contributed by atoms with Crippen LogP contribution < -0.4 is 0 Å². The molecule has 3 aliphatic rings. The second-order valence-corrected chi connectivity index (χ2v) is 11.9. The number of ether oxygens (including phenoxy) is 6. The second kappa shape index (κ2) is 18.0. The van der Waals surface area contributed by atoms with Crippen molar-refractivity contribution >= 4 is 5.97 Å². The molecule has 15 atom stereocenters. The van der Waals surface area contributed by atoms with Gasteiger partial charge in [0.2, 0.25) is 0 Å². The lowest BCUT2D eigenvalue weighted by molar-refractivity contribution is -0.417. The summed E-state index contributed by atoms with van der Waals surface area (Å²) in [7, 11) is 1.31. The molecule has 18 nitrogen and oxygen atoms in total. The summed E-state index contributed by atoms with van der Waals surface area (Å²) in [5.74, 6) is -2.55. The lowest BCUT2D eigenvalue weighted by Gasteiger charge is -2.53. The Morgan fingerprint density at radius 2 is 1.24 bits per heavy atom. The number of hydrogen-bond acceptors (Lipinski definition) is 18. The predicted molar refractivity (Wildman–Crippen MR) is 149 cm³/mol. The fourth-order valence-electron chi connectivity index (χ4n) is 5.94. The monoisotopic (exact) mass is 674 g/mol. The summed E-state index contributed by atoms with van der Waals surface area (Å²) < 4.78 is 33.1. The van der Waals surface area contributed by atoms with Crippen LogP contribution in [0.4, 0.5) is 0 Å². The number of aliphatic hydroxyl groups is 11. The first-order valence-electron chi connectivity index (χ1n) is 15.5. The molecule has 3 aliphatic heterocycles. The predicted octanol–water partition coefficient (Wildman–Crippen LogP) is -4.91. The maximum Gasteiger partial charge on any atom is 0.305 e. The lowest BCUT2D eigenvalue weighted by atomic mass is 9.88. The average Bonchev–Trinajstić information content (AvgIpc) is 3.05. The van der Waals surface area contributed by atoms with Crippen molar-refractivity contribution in [2.24, 2.45) is 0 Å². The van der Waals surface area contributed by atoms with Gasteiger partial charge in [0.15, 0.2) is 18.4 Å². The number of carbonyl (C=O) groups excluding carboxylic acids is 1. The minimum Gasteiger partial charge on any atom is -0.469 e. The Hall–Kier alpha value is -1.17. The number of esters is 1. The van der Waals surface area contributed by atoms with Crippen LogP contribution in [0.2, 0.25) is 0 Å². The smallest absolute Gasteiger partial charge is 0.305 e. The van der Waals surface area contributed by atoms with Gasteiger partial charge in [-0.05, 0) is 12.8 Å². The molecule has 0 spiro atoms. The Morgan fingerprint density at radius 3 is 1.85 bits per heavy atom. The fourth-order valence-corrected chi connectivity index (χ4v) is 5.94. The minimum atomic E-state index is -2.24. The Balaban J connectivity index is 1.84. The van der Waals surface area contributed by atoms with Crippen molar-refractivity contribution in [1.29, 1.82) is 0 Å². The zero-order valence-electron chi connectivity index (χ0n) is 25.6. The van der Waals surface area contributed by atoms with Gasteiger partial charge in [0.25, 0.3) is 0 Å². The number of carbonyl (C=O) groups is 1. The highest BCUT2D eigenvalue weighted by molar-refractivity contribution is 5.68. The van der Waals surface area contributed by atoms with Crippen molar-refractivity contribution in [3.05, 3.63) is 0 Å². The van der Waals surface area contributed by atoms with Gasteiger partial charge in [0.1, 0.15) is 73.2 Å². The van der Waals surface area contributed by atoms with Gasteiger partial charge in [-0.1, -0.05) is 25.7 Å². The van der Waals surface area contributed by atoms with Crippen LogP contribution in [0.15, 0.2) is 0 Å². The zero-order valence-corrected chi connectivity index (χ0v) is 25.6. The summed E-state index contributed by atoms with van der Waals surface area (Å²) in [6.45, 7) is -2.44. The van der Waals surface area contributed by atoms with Crippen molar-refractivity contribution in [3.63, 3.8) is 0 Å². The van der Waals surface area contributed by atoms with E-state index in [0.29, 0.717) is 25.7 Å². The van der Waals surface area contributed by atoms with Crippen LogP contribution in [0.3, 0.4) is 0 Å². The molecular formula is C28H50O18. The molecule has 3 saturated heterocycles. The van der Waals surface area contributed by atoms with E-state index in [4.69, 9.17) is 23.7 Å². The fraction of sp³-hybridized carbons (Fsp3) is 0.964. The molecule has 18 heteroatoms. The van der Waals surface area contributed by atoms with Gasteiger partial charge in [-0.2, -0.15) is 0 Å².